The van der Waals surface area contributed by atoms with Crippen molar-refractivity contribution in [2.45, 2.75) is 39.5 Å². The molecule has 1 aliphatic rings. The third-order valence-electron chi connectivity index (χ3n) is 4.08. The number of nitrogens with one attached hydrogen (secondary N) is 1. The van der Waals surface area contributed by atoms with Gasteiger partial charge in [0.25, 0.3) is 5.91 Å². The molecule has 2 rings (SSSR count). The van der Waals surface area contributed by atoms with E-state index < -0.39 is 0 Å². The maximum absolute atomic E-state index is 12.1. The molecule has 1 amide bonds. The van der Waals surface area contributed by atoms with Crippen LogP contribution in [0.4, 0.5) is 0 Å². The Morgan fingerprint density at radius 3 is 2.56 bits per heavy atom. The molecule has 18 heavy (non-hydrogen) atoms. The van der Waals surface area contributed by atoms with Crippen LogP contribution in [-0.4, -0.2) is 12.5 Å². The topological polar surface area (TPSA) is 29.1 Å². The van der Waals surface area contributed by atoms with Gasteiger partial charge in [0, 0.05) is 12.1 Å². The molecule has 1 aromatic carbocycles. The van der Waals surface area contributed by atoms with E-state index in [4.69, 9.17) is 0 Å². The Morgan fingerprint density at radius 2 is 1.89 bits per heavy atom. The fraction of sp³-hybridized carbons (Fsp3) is 0.562. The lowest BCUT2D eigenvalue weighted by Gasteiger charge is -2.26. The maximum Gasteiger partial charge on any atom is 0.251 e. The third-order valence-corrected chi connectivity index (χ3v) is 4.08. The largest absolute Gasteiger partial charge is 0.352 e. The molecular weight excluding hydrogens is 222 g/mol. The summed E-state index contributed by atoms with van der Waals surface area (Å²) in [7, 11) is 0. The lowest BCUT2D eigenvalue weighted by molar-refractivity contribution is 0.0941. The summed E-state index contributed by atoms with van der Waals surface area (Å²) in [5, 5.41) is 3.09. The fourth-order valence-electron chi connectivity index (χ4n) is 2.69. The summed E-state index contributed by atoms with van der Waals surface area (Å²) in [5.74, 6) is 1.62. The van der Waals surface area contributed by atoms with Gasteiger partial charge in [-0.05, 0) is 43.2 Å². The molecule has 1 aromatic rings. The summed E-state index contributed by atoms with van der Waals surface area (Å²) in [4.78, 5) is 12.1. The van der Waals surface area contributed by atoms with Crippen molar-refractivity contribution in [3.63, 3.8) is 0 Å². The summed E-state index contributed by atoms with van der Waals surface area (Å²) in [5.41, 5.74) is 1.86. The van der Waals surface area contributed by atoms with Crippen molar-refractivity contribution in [3.8, 4) is 0 Å². The van der Waals surface area contributed by atoms with E-state index in [0.717, 1.165) is 23.6 Å². The second-order valence-corrected chi connectivity index (χ2v) is 5.65. The van der Waals surface area contributed by atoms with Crippen molar-refractivity contribution in [2.75, 3.05) is 6.54 Å². The lowest BCUT2D eigenvalue weighted by atomic mass is 9.83. The highest BCUT2D eigenvalue weighted by molar-refractivity contribution is 5.95. The predicted octanol–water partition coefficient (Wildman–Crippen LogP) is 3.55. The number of benzene rings is 1. The van der Waals surface area contributed by atoms with Crippen molar-refractivity contribution in [2.24, 2.45) is 11.8 Å². The highest BCUT2D eigenvalue weighted by atomic mass is 16.1. The zero-order chi connectivity index (χ0) is 13.0. The quantitative estimate of drug-likeness (QED) is 0.867. The highest BCUT2D eigenvalue weighted by Gasteiger charge is 2.19. The van der Waals surface area contributed by atoms with Crippen LogP contribution in [0.5, 0.6) is 0 Å². The number of rotatable bonds is 3. The average Bonchev–Trinajstić information content (AvgIpc) is 2.38. The van der Waals surface area contributed by atoms with E-state index in [1.807, 2.05) is 31.2 Å². The summed E-state index contributed by atoms with van der Waals surface area (Å²) in [6.45, 7) is 5.14. The smallest absolute Gasteiger partial charge is 0.251 e. The molecule has 1 N–H and O–H groups in total. The molecular formula is C16H23NO. The van der Waals surface area contributed by atoms with Gasteiger partial charge in [0.15, 0.2) is 0 Å². The molecule has 1 fully saturated rings. The van der Waals surface area contributed by atoms with Gasteiger partial charge < -0.3 is 5.32 Å². The van der Waals surface area contributed by atoms with Crippen molar-refractivity contribution >= 4 is 5.91 Å². The van der Waals surface area contributed by atoms with Crippen molar-refractivity contribution < 1.29 is 4.79 Å². The Kier molecular flexibility index (Phi) is 4.40. The SMILES string of the molecule is Cc1ccccc1C(=O)NCC1CCC(C)CC1. The zero-order valence-corrected chi connectivity index (χ0v) is 11.4. The van der Waals surface area contributed by atoms with E-state index in [2.05, 4.69) is 12.2 Å². The summed E-state index contributed by atoms with van der Waals surface area (Å²) < 4.78 is 0. The number of aryl methyl sites for hydroxylation is 1. The van der Waals surface area contributed by atoms with Gasteiger partial charge in [-0.2, -0.15) is 0 Å². The zero-order valence-electron chi connectivity index (χ0n) is 11.4. The van der Waals surface area contributed by atoms with Crippen LogP contribution in [0.15, 0.2) is 24.3 Å². The van der Waals surface area contributed by atoms with Crippen LogP contribution in [0, 0.1) is 18.8 Å². The first kappa shape index (κ1) is 13.1. The molecule has 1 aliphatic carbocycles. The minimum absolute atomic E-state index is 0.0757. The van der Waals surface area contributed by atoms with Crippen LogP contribution < -0.4 is 5.32 Å². The van der Waals surface area contributed by atoms with Crippen molar-refractivity contribution in [1.82, 2.24) is 5.32 Å². The first-order valence-corrected chi connectivity index (χ1v) is 7.00. The average molecular weight is 245 g/mol. The van der Waals surface area contributed by atoms with Crippen LogP contribution in [0.1, 0.15) is 48.5 Å². The lowest BCUT2D eigenvalue weighted by Crippen LogP contribution is -2.31. The van der Waals surface area contributed by atoms with Gasteiger partial charge >= 0.3 is 0 Å². The Morgan fingerprint density at radius 1 is 1.22 bits per heavy atom. The number of hydrogen-bond donors (Lipinski definition) is 1. The molecule has 2 heteroatoms. The molecule has 0 aromatic heterocycles. The summed E-state index contributed by atoms with van der Waals surface area (Å²) >= 11 is 0. The molecule has 0 saturated heterocycles. The number of hydrogen-bond acceptors (Lipinski definition) is 1. The van der Waals surface area contributed by atoms with E-state index in [1.54, 1.807) is 0 Å². The highest BCUT2D eigenvalue weighted by Crippen LogP contribution is 2.27. The minimum atomic E-state index is 0.0757. The number of carbonyl (C=O) groups is 1. The van der Waals surface area contributed by atoms with E-state index in [1.165, 1.54) is 25.7 Å². The Balaban J connectivity index is 1.84. The fourth-order valence-corrected chi connectivity index (χ4v) is 2.69. The van der Waals surface area contributed by atoms with Gasteiger partial charge in [0.05, 0.1) is 0 Å². The predicted molar refractivity (Wildman–Crippen MR) is 74.6 cm³/mol. The molecule has 2 nitrogen and oxygen atoms in total. The number of amides is 1. The Hall–Kier alpha value is -1.31. The van der Waals surface area contributed by atoms with Gasteiger partial charge in [-0.25, -0.2) is 0 Å². The first-order chi connectivity index (χ1) is 8.66. The van der Waals surface area contributed by atoms with Crippen LogP contribution in [0.2, 0.25) is 0 Å². The summed E-state index contributed by atoms with van der Waals surface area (Å²) in [6, 6.07) is 7.77. The van der Waals surface area contributed by atoms with Gasteiger partial charge in [-0.15, -0.1) is 0 Å². The van der Waals surface area contributed by atoms with Gasteiger partial charge in [0.1, 0.15) is 0 Å². The van der Waals surface area contributed by atoms with Gasteiger partial charge in [-0.1, -0.05) is 38.0 Å². The van der Waals surface area contributed by atoms with Crippen molar-refractivity contribution in [1.29, 1.82) is 0 Å². The maximum atomic E-state index is 12.1. The molecule has 1 saturated carbocycles. The Bertz CT molecular complexity index is 405. The first-order valence-electron chi connectivity index (χ1n) is 7.00. The van der Waals surface area contributed by atoms with Crippen molar-refractivity contribution in [3.05, 3.63) is 35.4 Å². The molecule has 0 radical (unpaired) electrons. The minimum Gasteiger partial charge on any atom is -0.352 e. The molecule has 0 bridgehead atoms. The standard InChI is InChI=1S/C16H23NO/c1-12-7-9-14(10-8-12)11-17-16(18)15-6-4-3-5-13(15)2/h3-6,12,14H,7-11H2,1-2H3,(H,17,18). The van der Waals surface area contributed by atoms with Crippen LogP contribution in [-0.2, 0) is 0 Å². The van der Waals surface area contributed by atoms with Crippen LogP contribution in [0.3, 0.4) is 0 Å². The normalized spacial score (nSPS) is 23.7. The molecule has 0 unspecified atom stereocenters. The Labute approximate surface area is 110 Å². The van der Waals surface area contributed by atoms with E-state index >= 15 is 0 Å². The summed E-state index contributed by atoms with van der Waals surface area (Å²) in [6.07, 6.45) is 5.14. The second kappa shape index (κ2) is 6.03. The van der Waals surface area contributed by atoms with Crippen LogP contribution in [0.25, 0.3) is 0 Å². The second-order valence-electron chi connectivity index (χ2n) is 5.65. The van der Waals surface area contributed by atoms with Gasteiger partial charge in [-0.3, -0.25) is 4.79 Å². The number of carbonyl (C=O) groups excluding carboxylic acids is 1. The molecule has 0 atom stereocenters. The van der Waals surface area contributed by atoms with Crippen LogP contribution >= 0.6 is 0 Å². The molecule has 0 heterocycles. The third kappa shape index (κ3) is 3.34. The molecule has 98 valence electrons. The molecule has 0 aliphatic heterocycles. The monoisotopic (exact) mass is 245 g/mol. The van der Waals surface area contributed by atoms with E-state index in [0.29, 0.717) is 5.92 Å². The van der Waals surface area contributed by atoms with Gasteiger partial charge in [0.2, 0.25) is 0 Å². The van der Waals surface area contributed by atoms with E-state index in [-0.39, 0.29) is 5.91 Å². The van der Waals surface area contributed by atoms with E-state index in [9.17, 15) is 4.79 Å². The molecule has 0 spiro atoms.